The molecule has 1 saturated heterocycles. The predicted molar refractivity (Wildman–Crippen MR) is 86.5 cm³/mol. The van der Waals surface area contributed by atoms with Gasteiger partial charge in [0.05, 0.1) is 12.6 Å². The number of nitrogens with zero attached hydrogens (tertiary/aromatic N) is 1. The van der Waals surface area contributed by atoms with Crippen LogP contribution >= 0.6 is 0 Å². The number of aliphatic hydroxyl groups excluding tert-OH is 1. The highest BCUT2D eigenvalue weighted by Crippen LogP contribution is 2.42. The van der Waals surface area contributed by atoms with Gasteiger partial charge in [-0.15, -0.1) is 0 Å². The van der Waals surface area contributed by atoms with Crippen molar-refractivity contribution in [2.45, 2.75) is 44.8 Å². The first-order valence-corrected chi connectivity index (χ1v) is 8.44. The molecule has 1 unspecified atom stereocenters. The van der Waals surface area contributed by atoms with Crippen molar-refractivity contribution in [2.24, 2.45) is 11.8 Å². The Morgan fingerprint density at radius 3 is 2.54 bits per heavy atom. The molecule has 130 valence electrons. The van der Waals surface area contributed by atoms with Crippen LogP contribution in [0.4, 0.5) is 9.18 Å². The van der Waals surface area contributed by atoms with Crippen LogP contribution in [-0.2, 0) is 4.79 Å². The number of nitrogens with one attached hydrogen (secondary N) is 1. The van der Waals surface area contributed by atoms with E-state index in [9.17, 15) is 19.1 Å². The molecule has 5 nitrogen and oxygen atoms in total. The number of hydrogen-bond donors (Lipinski definition) is 2. The molecule has 2 N–H and O–H groups in total. The van der Waals surface area contributed by atoms with E-state index in [1.54, 1.807) is 6.07 Å². The summed E-state index contributed by atoms with van der Waals surface area (Å²) in [6.07, 6.45) is 1.54. The summed E-state index contributed by atoms with van der Waals surface area (Å²) in [5, 5.41) is 13.2. The number of carbonyl (C=O) groups is 2. The molecular weight excluding hydrogens is 311 g/mol. The van der Waals surface area contributed by atoms with E-state index in [1.807, 2.05) is 13.8 Å². The van der Waals surface area contributed by atoms with E-state index < -0.39 is 23.5 Å². The maximum absolute atomic E-state index is 13.8. The number of benzene rings is 1. The van der Waals surface area contributed by atoms with Crippen LogP contribution in [0.2, 0.25) is 0 Å². The Balaban J connectivity index is 1.84. The summed E-state index contributed by atoms with van der Waals surface area (Å²) in [5.74, 6) is -0.782. The Kier molecular flexibility index (Phi) is 4.34. The van der Waals surface area contributed by atoms with Gasteiger partial charge in [-0.2, -0.15) is 0 Å². The highest BCUT2D eigenvalue weighted by Gasteiger charge is 2.58. The molecule has 3 amide bonds. The number of imide groups is 1. The lowest BCUT2D eigenvalue weighted by Crippen LogP contribution is -2.58. The van der Waals surface area contributed by atoms with E-state index in [1.165, 1.54) is 18.2 Å². The molecule has 6 heteroatoms. The van der Waals surface area contributed by atoms with Crippen molar-refractivity contribution in [3.63, 3.8) is 0 Å². The van der Waals surface area contributed by atoms with Gasteiger partial charge >= 0.3 is 6.03 Å². The molecule has 0 aromatic heterocycles. The highest BCUT2D eigenvalue weighted by atomic mass is 19.1. The fourth-order valence-electron chi connectivity index (χ4n) is 4.14. The van der Waals surface area contributed by atoms with E-state index >= 15 is 0 Å². The summed E-state index contributed by atoms with van der Waals surface area (Å²) < 4.78 is 13.8. The van der Waals surface area contributed by atoms with Gasteiger partial charge in [0.25, 0.3) is 5.91 Å². The predicted octanol–water partition coefficient (Wildman–Crippen LogP) is 2.61. The molecule has 1 aromatic rings. The van der Waals surface area contributed by atoms with Crippen LogP contribution in [0.3, 0.4) is 0 Å². The van der Waals surface area contributed by atoms with E-state index in [-0.39, 0.29) is 29.9 Å². The smallest absolute Gasteiger partial charge is 0.325 e. The number of aliphatic hydroxyl groups is 1. The van der Waals surface area contributed by atoms with Gasteiger partial charge in [0.2, 0.25) is 0 Å². The van der Waals surface area contributed by atoms with Gasteiger partial charge in [0.15, 0.2) is 0 Å². The van der Waals surface area contributed by atoms with Crippen molar-refractivity contribution in [3.8, 4) is 0 Å². The van der Waals surface area contributed by atoms with Crippen LogP contribution in [-0.4, -0.2) is 34.0 Å². The molecule has 1 aliphatic carbocycles. The number of rotatable bonds is 3. The van der Waals surface area contributed by atoms with Crippen molar-refractivity contribution >= 4 is 11.9 Å². The lowest BCUT2D eigenvalue weighted by atomic mass is 9.67. The minimum absolute atomic E-state index is 0.0355. The average Bonchev–Trinajstić information content (AvgIpc) is 2.79. The summed E-state index contributed by atoms with van der Waals surface area (Å²) in [5.41, 5.74) is -0.812. The average molecular weight is 334 g/mol. The number of β-amino-alcohol motifs (C(OH)–C–C–N with tert-alkyl or cyclic N) is 1. The normalized spacial score (nSPS) is 31.4. The monoisotopic (exact) mass is 334 g/mol. The van der Waals surface area contributed by atoms with E-state index in [2.05, 4.69) is 5.32 Å². The van der Waals surface area contributed by atoms with E-state index in [0.717, 1.165) is 24.2 Å². The van der Waals surface area contributed by atoms with Crippen LogP contribution in [0.15, 0.2) is 24.3 Å². The van der Waals surface area contributed by atoms with Gasteiger partial charge in [-0.1, -0.05) is 38.5 Å². The molecule has 1 aliphatic heterocycles. The summed E-state index contributed by atoms with van der Waals surface area (Å²) in [4.78, 5) is 26.4. The van der Waals surface area contributed by atoms with Gasteiger partial charge in [0, 0.05) is 5.56 Å². The van der Waals surface area contributed by atoms with Crippen LogP contribution < -0.4 is 5.32 Å². The first-order valence-electron chi connectivity index (χ1n) is 8.44. The number of hydrogen-bond acceptors (Lipinski definition) is 3. The highest BCUT2D eigenvalue weighted by molar-refractivity contribution is 6.07. The summed E-state index contributed by atoms with van der Waals surface area (Å²) >= 11 is 0. The second-order valence-electron chi connectivity index (χ2n) is 6.99. The van der Waals surface area contributed by atoms with E-state index in [0.29, 0.717) is 0 Å². The van der Waals surface area contributed by atoms with Gasteiger partial charge in [0.1, 0.15) is 11.4 Å². The third-order valence-electron chi connectivity index (χ3n) is 5.61. The van der Waals surface area contributed by atoms with Gasteiger partial charge in [-0.05, 0) is 30.7 Å². The lowest BCUT2D eigenvalue weighted by Gasteiger charge is -2.42. The molecule has 1 heterocycles. The Bertz CT molecular complexity index is 653. The third kappa shape index (κ3) is 2.49. The molecule has 0 radical (unpaired) electrons. The summed E-state index contributed by atoms with van der Waals surface area (Å²) in [7, 11) is 0. The zero-order valence-corrected chi connectivity index (χ0v) is 14.0. The topological polar surface area (TPSA) is 69.6 Å². The zero-order chi connectivity index (χ0) is 17.5. The quantitative estimate of drug-likeness (QED) is 0.835. The Morgan fingerprint density at radius 2 is 1.92 bits per heavy atom. The molecule has 24 heavy (non-hydrogen) atoms. The Morgan fingerprint density at radius 1 is 1.29 bits per heavy atom. The maximum Gasteiger partial charge on any atom is 0.325 e. The van der Waals surface area contributed by atoms with Gasteiger partial charge < -0.3 is 10.4 Å². The second-order valence-corrected chi connectivity index (χ2v) is 6.99. The number of carbonyl (C=O) groups excluding carboxylic acids is 2. The molecule has 0 bridgehead atoms. The lowest BCUT2D eigenvalue weighted by molar-refractivity contribution is -0.137. The fourth-order valence-corrected chi connectivity index (χ4v) is 4.14. The third-order valence-corrected chi connectivity index (χ3v) is 5.61. The van der Waals surface area contributed by atoms with Crippen LogP contribution in [0.25, 0.3) is 0 Å². The van der Waals surface area contributed by atoms with Crippen molar-refractivity contribution in [1.29, 1.82) is 0 Å². The van der Waals surface area contributed by atoms with Crippen molar-refractivity contribution < 1.29 is 19.1 Å². The Hall–Kier alpha value is -1.95. The second kappa shape index (κ2) is 6.16. The molecule has 1 aromatic carbocycles. The largest absolute Gasteiger partial charge is 0.386 e. The number of urea groups is 1. The Labute approximate surface area is 140 Å². The molecule has 4 atom stereocenters. The standard InChI is InChI=1S/C18H23FN2O3/c1-11-6-5-7-12(2)18(11)16(23)21(17(24)20-18)10-15(22)13-8-3-4-9-14(13)19/h3-4,8-9,11-12,15,22H,5-7,10H2,1-2H3,(H,20,24)/t11-,12+,15-,18?/m1/s1. The SMILES string of the molecule is C[C@@H]1CCC[C@H](C)C12NC(=O)N(C[C@@H](O)c1ccccc1F)C2=O. The van der Waals surface area contributed by atoms with Crippen LogP contribution in [0, 0.1) is 17.7 Å². The fraction of sp³-hybridized carbons (Fsp3) is 0.556. The zero-order valence-electron chi connectivity index (χ0n) is 14.0. The van der Waals surface area contributed by atoms with Crippen LogP contribution in [0.1, 0.15) is 44.8 Å². The molecular formula is C18H23FN2O3. The molecule has 1 spiro atoms. The first-order chi connectivity index (χ1) is 11.4. The summed E-state index contributed by atoms with van der Waals surface area (Å²) in [6, 6.07) is 5.34. The number of halogens is 1. The minimum atomic E-state index is -1.25. The van der Waals surface area contributed by atoms with Gasteiger partial charge in [-0.3, -0.25) is 9.69 Å². The van der Waals surface area contributed by atoms with Crippen molar-refractivity contribution in [3.05, 3.63) is 35.6 Å². The number of amides is 3. The molecule has 3 rings (SSSR count). The molecule has 2 aliphatic rings. The maximum atomic E-state index is 13.8. The van der Waals surface area contributed by atoms with E-state index in [4.69, 9.17) is 0 Å². The minimum Gasteiger partial charge on any atom is -0.386 e. The summed E-state index contributed by atoms with van der Waals surface area (Å²) in [6.45, 7) is 3.71. The van der Waals surface area contributed by atoms with Crippen molar-refractivity contribution in [1.82, 2.24) is 10.2 Å². The van der Waals surface area contributed by atoms with Crippen molar-refractivity contribution in [2.75, 3.05) is 6.54 Å². The first kappa shape index (κ1) is 16.9. The molecule has 2 fully saturated rings. The molecule has 1 saturated carbocycles. The van der Waals surface area contributed by atoms with Crippen LogP contribution in [0.5, 0.6) is 0 Å². The van der Waals surface area contributed by atoms with Gasteiger partial charge in [-0.25, -0.2) is 9.18 Å².